The van der Waals surface area contributed by atoms with Crippen molar-refractivity contribution in [1.82, 2.24) is 9.80 Å². The molecule has 2 atom stereocenters. The highest BCUT2D eigenvalue weighted by atomic mass is 19.4. The molecule has 9 heteroatoms. The second-order valence-electron chi connectivity index (χ2n) is 8.66. The van der Waals surface area contributed by atoms with E-state index in [0.29, 0.717) is 39.0 Å². The molecule has 4 rings (SSSR count). The number of hydrogen-bond acceptors (Lipinski definition) is 4. The second-order valence-corrected chi connectivity index (χ2v) is 8.66. The summed E-state index contributed by atoms with van der Waals surface area (Å²) in [6.07, 6.45) is -2.39. The number of Topliss-reactive ketones (excluding diaryl/α,β-unsaturated/α-hetero) is 1. The zero-order valence-electron chi connectivity index (χ0n) is 17.5. The fourth-order valence-electron chi connectivity index (χ4n) is 4.89. The van der Waals surface area contributed by atoms with Gasteiger partial charge in [-0.1, -0.05) is 6.07 Å². The SMILES string of the molecule is COc1cccc(C(F)(F)F)c1CCC1CN(C(=O)N2CC[C@@H]3OCC(=O)C[C@@H]3C2)C1. The van der Waals surface area contributed by atoms with Gasteiger partial charge in [-0.15, -0.1) is 0 Å². The number of nitrogens with zero attached hydrogens (tertiary/aromatic N) is 2. The fraction of sp³-hybridized carbons (Fsp3) is 0.636. The molecule has 170 valence electrons. The molecule has 31 heavy (non-hydrogen) atoms. The van der Waals surface area contributed by atoms with Crippen molar-refractivity contribution in [1.29, 1.82) is 0 Å². The van der Waals surface area contributed by atoms with E-state index in [9.17, 15) is 22.8 Å². The van der Waals surface area contributed by atoms with Crippen LogP contribution < -0.4 is 4.74 Å². The number of benzene rings is 1. The maximum Gasteiger partial charge on any atom is 0.416 e. The molecule has 0 aromatic heterocycles. The highest BCUT2D eigenvalue weighted by Crippen LogP contribution is 2.37. The van der Waals surface area contributed by atoms with E-state index in [2.05, 4.69) is 0 Å². The van der Waals surface area contributed by atoms with Gasteiger partial charge >= 0.3 is 12.2 Å². The lowest BCUT2D eigenvalue weighted by Gasteiger charge is -2.46. The molecule has 3 aliphatic heterocycles. The summed E-state index contributed by atoms with van der Waals surface area (Å²) >= 11 is 0. The Hall–Kier alpha value is -2.29. The van der Waals surface area contributed by atoms with Gasteiger partial charge < -0.3 is 19.3 Å². The van der Waals surface area contributed by atoms with Crippen molar-refractivity contribution in [3.05, 3.63) is 29.3 Å². The first-order valence-corrected chi connectivity index (χ1v) is 10.7. The predicted octanol–water partition coefficient (Wildman–Crippen LogP) is 3.38. The molecule has 0 aliphatic carbocycles. The molecule has 0 unspecified atom stereocenters. The molecule has 3 fully saturated rings. The summed E-state index contributed by atoms with van der Waals surface area (Å²) in [7, 11) is 1.37. The Morgan fingerprint density at radius 2 is 2.00 bits per heavy atom. The molecule has 3 aliphatic rings. The number of likely N-dealkylation sites (tertiary alicyclic amines) is 2. The zero-order valence-corrected chi connectivity index (χ0v) is 17.5. The van der Waals surface area contributed by atoms with Crippen LogP contribution in [0.1, 0.15) is 30.4 Å². The topological polar surface area (TPSA) is 59.1 Å². The number of piperidine rings is 1. The van der Waals surface area contributed by atoms with Gasteiger partial charge in [0.1, 0.15) is 12.4 Å². The maximum absolute atomic E-state index is 13.4. The van der Waals surface area contributed by atoms with E-state index in [1.807, 2.05) is 0 Å². The zero-order chi connectivity index (χ0) is 22.2. The first kappa shape index (κ1) is 21.9. The van der Waals surface area contributed by atoms with E-state index >= 15 is 0 Å². The molecule has 6 nitrogen and oxygen atoms in total. The lowest BCUT2D eigenvalue weighted by atomic mass is 9.87. The number of halogens is 3. The van der Waals surface area contributed by atoms with Crippen LogP contribution in [0.15, 0.2) is 18.2 Å². The molecule has 0 spiro atoms. The third kappa shape index (κ3) is 4.66. The summed E-state index contributed by atoms with van der Waals surface area (Å²) in [6, 6.07) is 3.92. The van der Waals surface area contributed by atoms with Crippen molar-refractivity contribution in [3.63, 3.8) is 0 Å². The van der Waals surface area contributed by atoms with E-state index in [0.717, 1.165) is 12.5 Å². The average molecular weight is 440 g/mol. The van der Waals surface area contributed by atoms with E-state index in [1.54, 1.807) is 15.9 Å². The molecule has 3 heterocycles. The first-order valence-electron chi connectivity index (χ1n) is 10.7. The van der Waals surface area contributed by atoms with E-state index < -0.39 is 11.7 Å². The number of urea groups is 1. The largest absolute Gasteiger partial charge is 0.496 e. The van der Waals surface area contributed by atoms with Crippen molar-refractivity contribution in [2.45, 2.75) is 38.0 Å². The second kappa shape index (κ2) is 8.68. The average Bonchev–Trinajstić information content (AvgIpc) is 2.71. The lowest BCUT2D eigenvalue weighted by molar-refractivity contribution is -0.140. The summed E-state index contributed by atoms with van der Waals surface area (Å²) in [4.78, 5) is 28.0. The molecule has 1 aromatic rings. The van der Waals surface area contributed by atoms with Crippen molar-refractivity contribution < 1.29 is 32.2 Å². The Morgan fingerprint density at radius 3 is 2.71 bits per heavy atom. The summed E-state index contributed by atoms with van der Waals surface area (Å²) in [5.74, 6) is 0.540. The van der Waals surface area contributed by atoms with E-state index in [1.165, 1.54) is 13.2 Å². The summed E-state index contributed by atoms with van der Waals surface area (Å²) < 4.78 is 50.8. The molecule has 0 saturated carbocycles. The lowest BCUT2D eigenvalue weighted by Crippen LogP contribution is -2.58. The van der Waals surface area contributed by atoms with Gasteiger partial charge in [-0.3, -0.25) is 4.79 Å². The minimum absolute atomic E-state index is 0.0505. The Morgan fingerprint density at radius 1 is 1.23 bits per heavy atom. The van der Waals surface area contributed by atoms with Crippen molar-refractivity contribution in [3.8, 4) is 5.75 Å². The Balaban J connectivity index is 1.30. The Bertz CT molecular complexity index is 839. The van der Waals surface area contributed by atoms with Crippen LogP contribution in [0.2, 0.25) is 0 Å². The van der Waals surface area contributed by atoms with Gasteiger partial charge in [0.05, 0.1) is 18.8 Å². The molecular weight excluding hydrogens is 413 g/mol. The number of fused-ring (bicyclic) bond motifs is 1. The highest BCUT2D eigenvalue weighted by Gasteiger charge is 2.40. The number of carbonyl (C=O) groups excluding carboxylic acids is 2. The first-order chi connectivity index (χ1) is 14.8. The van der Waals surface area contributed by atoms with Gasteiger partial charge in [0, 0.05) is 44.1 Å². The van der Waals surface area contributed by atoms with Crippen LogP contribution in [0.4, 0.5) is 18.0 Å². The van der Waals surface area contributed by atoms with Gasteiger partial charge in [-0.25, -0.2) is 4.79 Å². The molecule has 0 N–H and O–H groups in total. The molecule has 3 saturated heterocycles. The highest BCUT2D eigenvalue weighted by molar-refractivity contribution is 5.81. The molecule has 0 bridgehead atoms. The molecular formula is C22H27F3N2O4. The normalized spacial score (nSPS) is 24.6. The van der Waals surface area contributed by atoms with Crippen LogP contribution in [-0.2, 0) is 22.1 Å². The van der Waals surface area contributed by atoms with Crippen molar-refractivity contribution in [2.24, 2.45) is 11.8 Å². The van der Waals surface area contributed by atoms with E-state index in [4.69, 9.17) is 9.47 Å². The minimum atomic E-state index is -4.43. The number of carbonyl (C=O) groups is 2. The monoisotopic (exact) mass is 440 g/mol. The van der Waals surface area contributed by atoms with Crippen molar-refractivity contribution >= 4 is 11.8 Å². The van der Waals surface area contributed by atoms with Crippen LogP contribution in [0.25, 0.3) is 0 Å². The van der Waals surface area contributed by atoms with Gasteiger partial charge in [0.2, 0.25) is 0 Å². The van der Waals surface area contributed by atoms with Crippen LogP contribution in [0.3, 0.4) is 0 Å². The number of ether oxygens (including phenoxy) is 2. The number of alkyl halides is 3. The maximum atomic E-state index is 13.4. The Kier molecular flexibility index (Phi) is 6.14. The standard InChI is InChI=1S/C22H27F3N2O4/c1-30-20-4-2-3-18(22(23,24)25)17(20)6-5-14-10-27(11-14)21(29)26-8-7-19-15(12-26)9-16(28)13-31-19/h2-4,14-15,19H,5-13H2,1H3/t15-,19+/m1/s1. The summed E-state index contributed by atoms with van der Waals surface area (Å²) in [5, 5.41) is 0. The quantitative estimate of drug-likeness (QED) is 0.720. The summed E-state index contributed by atoms with van der Waals surface area (Å²) in [5.41, 5.74) is -0.488. The number of amides is 2. The van der Waals surface area contributed by atoms with Gasteiger partial charge in [0.25, 0.3) is 0 Å². The number of ketones is 1. The third-order valence-electron chi connectivity index (χ3n) is 6.57. The van der Waals surface area contributed by atoms with Crippen LogP contribution in [0.5, 0.6) is 5.75 Å². The van der Waals surface area contributed by atoms with E-state index in [-0.39, 0.29) is 54.1 Å². The number of rotatable bonds is 4. The van der Waals surface area contributed by atoms with Crippen LogP contribution >= 0.6 is 0 Å². The predicted molar refractivity (Wildman–Crippen MR) is 106 cm³/mol. The van der Waals surface area contributed by atoms with Crippen LogP contribution in [-0.4, -0.2) is 67.6 Å². The third-order valence-corrected chi connectivity index (χ3v) is 6.57. The van der Waals surface area contributed by atoms with Crippen LogP contribution in [0, 0.1) is 11.8 Å². The molecule has 2 amide bonds. The number of hydrogen-bond donors (Lipinski definition) is 0. The smallest absolute Gasteiger partial charge is 0.416 e. The Labute approximate surface area is 179 Å². The number of methoxy groups -OCH3 is 1. The van der Waals surface area contributed by atoms with Gasteiger partial charge in [-0.05, 0) is 37.3 Å². The van der Waals surface area contributed by atoms with Gasteiger partial charge in [-0.2, -0.15) is 13.2 Å². The minimum Gasteiger partial charge on any atom is -0.496 e. The van der Waals surface area contributed by atoms with Gasteiger partial charge in [0.15, 0.2) is 5.78 Å². The van der Waals surface area contributed by atoms with Crippen molar-refractivity contribution in [2.75, 3.05) is 39.9 Å². The fourth-order valence-corrected chi connectivity index (χ4v) is 4.89. The molecule has 1 aromatic carbocycles. The molecule has 0 radical (unpaired) electrons. The summed E-state index contributed by atoms with van der Waals surface area (Å²) in [6.45, 7) is 2.37.